The van der Waals surface area contributed by atoms with Gasteiger partial charge in [0.15, 0.2) is 5.96 Å². The molecular formula is C23H33N3O3. The summed E-state index contributed by atoms with van der Waals surface area (Å²) in [4.78, 5) is 4.31. The van der Waals surface area contributed by atoms with Gasteiger partial charge in [0.1, 0.15) is 18.1 Å². The Balaban J connectivity index is 1.93. The SMILES string of the molecule is CCOCCOc1cc(C)ccc1CNC(=NC)NCc1ccc(C)c(OC)c1. The molecule has 0 bridgehead atoms. The molecule has 2 aromatic rings. The minimum atomic E-state index is 0.534. The summed E-state index contributed by atoms with van der Waals surface area (Å²) in [6.07, 6.45) is 0. The number of ether oxygens (including phenoxy) is 3. The van der Waals surface area contributed by atoms with Crippen LogP contribution < -0.4 is 20.1 Å². The first-order chi connectivity index (χ1) is 14.1. The van der Waals surface area contributed by atoms with Gasteiger partial charge in [-0.1, -0.05) is 24.3 Å². The summed E-state index contributed by atoms with van der Waals surface area (Å²) in [7, 11) is 3.45. The summed E-state index contributed by atoms with van der Waals surface area (Å²) in [5.74, 6) is 2.49. The molecule has 6 heteroatoms. The monoisotopic (exact) mass is 399 g/mol. The quantitative estimate of drug-likeness (QED) is 0.363. The number of hydrogen-bond acceptors (Lipinski definition) is 4. The van der Waals surface area contributed by atoms with Gasteiger partial charge in [0.05, 0.1) is 13.7 Å². The average molecular weight is 400 g/mol. The summed E-state index contributed by atoms with van der Waals surface area (Å²) < 4.78 is 16.7. The van der Waals surface area contributed by atoms with Crippen LogP contribution in [-0.2, 0) is 17.8 Å². The Morgan fingerprint density at radius 3 is 2.48 bits per heavy atom. The normalized spacial score (nSPS) is 11.3. The number of aryl methyl sites for hydroxylation is 2. The minimum absolute atomic E-state index is 0.534. The van der Waals surface area contributed by atoms with Crippen molar-refractivity contribution < 1.29 is 14.2 Å². The van der Waals surface area contributed by atoms with E-state index in [2.05, 4.69) is 52.9 Å². The molecule has 6 nitrogen and oxygen atoms in total. The molecule has 2 aromatic carbocycles. The van der Waals surface area contributed by atoms with E-state index in [9.17, 15) is 0 Å². The van der Waals surface area contributed by atoms with Crippen molar-refractivity contribution in [3.05, 3.63) is 58.7 Å². The highest BCUT2D eigenvalue weighted by molar-refractivity contribution is 5.79. The van der Waals surface area contributed by atoms with E-state index in [0.717, 1.165) is 39.7 Å². The van der Waals surface area contributed by atoms with Gasteiger partial charge in [0.25, 0.3) is 0 Å². The number of nitrogens with zero attached hydrogens (tertiary/aromatic N) is 1. The standard InChI is InChI=1S/C23H33N3O3/c1-6-28-11-12-29-22-13-17(2)7-10-20(22)16-26-23(24-4)25-15-19-9-8-18(3)21(14-19)27-5/h7-10,13-14H,6,11-12,15-16H2,1-5H3,(H2,24,25,26). The zero-order valence-electron chi connectivity index (χ0n) is 18.2. The lowest BCUT2D eigenvalue weighted by molar-refractivity contribution is 0.110. The average Bonchev–Trinajstić information content (AvgIpc) is 2.73. The van der Waals surface area contributed by atoms with Crippen molar-refractivity contribution >= 4 is 5.96 Å². The van der Waals surface area contributed by atoms with Gasteiger partial charge in [-0.3, -0.25) is 4.99 Å². The van der Waals surface area contributed by atoms with Crippen molar-refractivity contribution in [1.29, 1.82) is 0 Å². The molecule has 29 heavy (non-hydrogen) atoms. The summed E-state index contributed by atoms with van der Waals surface area (Å²) in [5, 5.41) is 6.69. The van der Waals surface area contributed by atoms with Crippen molar-refractivity contribution in [3.8, 4) is 11.5 Å². The third-order valence-corrected chi connectivity index (χ3v) is 4.51. The predicted octanol–water partition coefficient (Wildman–Crippen LogP) is 3.59. The molecule has 0 aliphatic heterocycles. The second-order valence-electron chi connectivity index (χ2n) is 6.74. The van der Waals surface area contributed by atoms with Crippen LogP contribution in [0.25, 0.3) is 0 Å². The maximum Gasteiger partial charge on any atom is 0.191 e. The van der Waals surface area contributed by atoms with Crippen molar-refractivity contribution in [1.82, 2.24) is 10.6 Å². The highest BCUT2D eigenvalue weighted by Gasteiger charge is 2.07. The summed E-state index contributed by atoms with van der Waals surface area (Å²) in [6.45, 7) is 9.15. The second kappa shape index (κ2) is 12.0. The predicted molar refractivity (Wildman–Crippen MR) is 118 cm³/mol. The van der Waals surface area contributed by atoms with E-state index >= 15 is 0 Å². The number of hydrogen-bond donors (Lipinski definition) is 2. The topological polar surface area (TPSA) is 64.1 Å². The fourth-order valence-electron chi connectivity index (χ4n) is 2.86. The number of rotatable bonds is 10. The first-order valence-electron chi connectivity index (χ1n) is 9.95. The molecule has 0 saturated heterocycles. The van der Waals surface area contributed by atoms with Crippen molar-refractivity contribution in [2.45, 2.75) is 33.9 Å². The third-order valence-electron chi connectivity index (χ3n) is 4.51. The molecule has 0 radical (unpaired) electrons. The maximum atomic E-state index is 5.91. The molecule has 2 N–H and O–H groups in total. The Labute approximate surface area is 174 Å². The molecule has 2 rings (SSSR count). The number of methoxy groups -OCH3 is 1. The fourth-order valence-corrected chi connectivity index (χ4v) is 2.86. The van der Waals surface area contributed by atoms with Crippen LogP contribution in [0.4, 0.5) is 0 Å². The molecule has 0 amide bonds. The zero-order valence-corrected chi connectivity index (χ0v) is 18.2. The lowest BCUT2D eigenvalue weighted by Crippen LogP contribution is -2.36. The van der Waals surface area contributed by atoms with Gasteiger partial charge >= 0.3 is 0 Å². The first kappa shape index (κ1) is 22.6. The van der Waals surface area contributed by atoms with Crippen LogP contribution in [0, 0.1) is 13.8 Å². The van der Waals surface area contributed by atoms with Gasteiger partial charge in [0.2, 0.25) is 0 Å². The third kappa shape index (κ3) is 7.31. The molecule has 0 saturated carbocycles. The molecule has 0 atom stereocenters. The first-order valence-corrected chi connectivity index (χ1v) is 9.95. The van der Waals surface area contributed by atoms with Crippen molar-refractivity contribution in [2.75, 3.05) is 34.0 Å². The van der Waals surface area contributed by atoms with Crippen LogP contribution in [0.5, 0.6) is 11.5 Å². The molecule has 0 unspecified atom stereocenters. The van der Waals surface area contributed by atoms with E-state index in [1.165, 1.54) is 0 Å². The highest BCUT2D eigenvalue weighted by Crippen LogP contribution is 2.21. The molecule has 0 spiro atoms. The number of aliphatic imine (C=N–C) groups is 1. The van der Waals surface area contributed by atoms with Gasteiger partial charge < -0.3 is 24.8 Å². The molecule has 0 aliphatic carbocycles. The van der Waals surface area contributed by atoms with Gasteiger partial charge in [-0.05, 0) is 49.6 Å². The molecular weight excluding hydrogens is 366 g/mol. The summed E-state index contributed by atoms with van der Waals surface area (Å²) >= 11 is 0. The van der Waals surface area contributed by atoms with Crippen LogP contribution in [-0.4, -0.2) is 39.9 Å². The molecule has 0 heterocycles. The fraction of sp³-hybridized carbons (Fsp3) is 0.435. The largest absolute Gasteiger partial charge is 0.496 e. The Bertz CT molecular complexity index is 806. The zero-order chi connectivity index (χ0) is 21.1. The van der Waals surface area contributed by atoms with E-state index in [0.29, 0.717) is 32.9 Å². The van der Waals surface area contributed by atoms with Crippen molar-refractivity contribution in [3.63, 3.8) is 0 Å². The Hall–Kier alpha value is -2.73. The van der Waals surface area contributed by atoms with Gasteiger partial charge in [-0.15, -0.1) is 0 Å². The van der Waals surface area contributed by atoms with Gasteiger partial charge in [-0.25, -0.2) is 0 Å². The van der Waals surface area contributed by atoms with Crippen LogP contribution in [0.1, 0.15) is 29.2 Å². The lowest BCUT2D eigenvalue weighted by Gasteiger charge is -2.16. The number of guanidine groups is 1. The molecule has 0 aliphatic rings. The molecule has 158 valence electrons. The van der Waals surface area contributed by atoms with E-state index < -0.39 is 0 Å². The van der Waals surface area contributed by atoms with E-state index in [1.54, 1.807) is 14.2 Å². The van der Waals surface area contributed by atoms with Crippen LogP contribution in [0.2, 0.25) is 0 Å². The van der Waals surface area contributed by atoms with Crippen LogP contribution >= 0.6 is 0 Å². The summed E-state index contributed by atoms with van der Waals surface area (Å²) in [6, 6.07) is 12.4. The molecule has 0 fully saturated rings. The Morgan fingerprint density at radius 1 is 0.966 bits per heavy atom. The van der Waals surface area contributed by atoms with E-state index in [1.807, 2.05) is 19.9 Å². The van der Waals surface area contributed by atoms with E-state index in [-0.39, 0.29) is 0 Å². The number of benzene rings is 2. The summed E-state index contributed by atoms with van der Waals surface area (Å²) in [5.41, 5.74) is 4.49. The number of nitrogens with one attached hydrogen (secondary N) is 2. The maximum absolute atomic E-state index is 5.91. The smallest absolute Gasteiger partial charge is 0.191 e. The van der Waals surface area contributed by atoms with Crippen LogP contribution in [0.15, 0.2) is 41.4 Å². The van der Waals surface area contributed by atoms with E-state index in [4.69, 9.17) is 14.2 Å². The van der Waals surface area contributed by atoms with Crippen molar-refractivity contribution in [2.24, 2.45) is 4.99 Å². The van der Waals surface area contributed by atoms with Gasteiger partial charge in [-0.2, -0.15) is 0 Å². The van der Waals surface area contributed by atoms with Gasteiger partial charge in [0, 0.05) is 32.3 Å². The minimum Gasteiger partial charge on any atom is -0.496 e. The lowest BCUT2D eigenvalue weighted by atomic mass is 10.1. The second-order valence-corrected chi connectivity index (χ2v) is 6.74. The Morgan fingerprint density at radius 2 is 1.76 bits per heavy atom. The van der Waals surface area contributed by atoms with Crippen LogP contribution in [0.3, 0.4) is 0 Å². The highest BCUT2D eigenvalue weighted by atomic mass is 16.5. The Kier molecular flexibility index (Phi) is 9.31. The molecule has 0 aromatic heterocycles.